The zero-order valence-corrected chi connectivity index (χ0v) is 13.1. The summed E-state index contributed by atoms with van der Waals surface area (Å²) in [5.74, 6) is -0.0379. The Morgan fingerprint density at radius 2 is 1.91 bits per heavy atom. The van der Waals surface area contributed by atoms with Crippen LogP contribution in [0.4, 0.5) is 11.4 Å². The maximum atomic E-state index is 12.9. The molecule has 4 nitrogen and oxygen atoms in total. The quantitative estimate of drug-likeness (QED) is 0.618. The van der Waals surface area contributed by atoms with E-state index < -0.39 is 0 Å². The molecule has 3 rings (SSSR count). The average molecular weight is 310 g/mol. The number of amides is 1. The van der Waals surface area contributed by atoms with E-state index in [0.29, 0.717) is 11.3 Å². The van der Waals surface area contributed by atoms with E-state index in [2.05, 4.69) is 4.99 Å². The fourth-order valence-electron chi connectivity index (χ4n) is 2.51. The van der Waals surface area contributed by atoms with Crippen LogP contribution in [0.15, 0.2) is 57.2 Å². The third kappa shape index (κ3) is 2.45. The molecular formula is C17H14N2O2S. The topological polar surface area (TPSA) is 49.7 Å². The minimum atomic E-state index is -0.0379. The van der Waals surface area contributed by atoms with Crippen LogP contribution >= 0.6 is 11.8 Å². The molecule has 2 aromatic rings. The normalized spacial score (nSPS) is 13.2. The number of hydrogen-bond donors (Lipinski definition) is 0. The van der Waals surface area contributed by atoms with Gasteiger partial charge in [0, 0.05) is 15.8 Å². The third-order valence-corrected chi connectivity index (χ3v) is 4.59. The number of aliphatic imine (C=N–C) groups is 1. The summed E-state index contributed by atoms with van der Waals surface area (Å²) >= 11 is 1.55. The summed E-state index contributed by atoms with van der Waals surface area (Å²) in [5, 5.41) is 0. The molecule has 1 aliphatic rings. The fourth-order valence-corrected chi connectivity index (χ4v) is 3.55. The largest absolute Gasteiger partial charge is 0.305 e. The molecule has 1 amide bonds. The zero-order valence-electron chi connectivity index (χ0n) is 12.2. The molecule has 0 aromatic heterocycles. The van der Waals surface area contributed by atoms with Gasteiger partial charge < -0.3 is 4.90 Å². The molecule has 0 saturated heterocycles. The third-order valence-electron chi connectivity index (χ3n) is 3.45. The van der Waals surface area contributed by atoms with Crippen molar-refractivity contribution in [3.63, 3.8) is 0 Å². The summed E-state index contributed by atoms with van der Waals surface area (Å²) < 4.78 is 0. The maximum absolute atomic E-state index is 12.9. The minimum absolute atomic E-state index is 0.00605. The number of carbonyl (C=O) groups is 1. The first-order chi connectivity index (χ1) is 10.6. The molecule has 0 atom stereocenters. The molecule has 0 unspecified atom stereocenters. The summed E-state index contributed by atoms with van der Waals surface area (Å²) in [5.41, 5.74) is 1.97. The Labute approximate surface area is 132 Å². The van der Waals surface area contributed by atoms with Gasteiger partial charge in [-0.15, -0.1) is 0 Å². The molecule has 0 spiro atoms. The van der Waals surface area contributed by atoms with Crippen LogP contribution in [0.2, 0.25) is 0 Å². The summed E-state index contributed by atoms with van der Waals surface area (Å²) in [4.78, 5) is 30.7. The second kappa shape index (κ2) is 5.79. The van der Waals surface area contributed by atoms with E-state index in [1.165, 1.54) is 0 Å². The van der Waals surface area contributed by atoms with Gasteiger partial charge in [-0.05, 0) is 44.2 Å². The minimum Gasteiger partial charge on any atom is -0.305 e. The van der Waals surface area contributed by atoms with Gasteiger partial charge in [-0.25, -0.2) is 4.79 Å². The Kier molecular flexibility index (Phi) is 3.84. The highest BCUT2D eigenvalue weighted by Crippen LogP contribution is 2.43. The monoisotopic (exact) mass is 310 g/mol. The van der Waals surface area contributed by atoms with Gasteiger partial charge in [-0.1, -0.05) is 23.9 Å². The molecular weight excluding hydrogens is 296 g/mol. The molecule has 0 aliphatic carbocycles. The van der Waals surface area contributed by atoms with Gasteiger partial charge in [0.05, 0.1) is 16.9 Å². The number of nitrogens with zero attached hydrogens (tertiary/aromatic N) is 2. The van der Waals surface area contributed by atoms with E-state index in [0.717, 1.165) is 15.5 Å². The predicted molar refractivity (Wildman–Crippen MR) is 86.7 cm³/mol. The Balaban J connectivity index is 2.24. The van der Waals surface area contributed by atoms with Crippen molar-refractivity contribution in [2.24, 2.45) is 4.99 Å². The second-order valence-electron chi connectivity index (χ2n) is 5.22. The lowest BCUT2D eigenvalue weighted by Crippen LogP contribution is -2.36. The highest BCUT2D eigenvalue weighted by molar-refractivity contribution is 7.99. The molecule has 0 N–H and O–H groups in total. The van der Waals surface area contributed by atoms with Gasteiger partial charge in [0.25, 0.3) is 5.91 Å². The van der Waals surface area contributed by atoms with Gasteiger partial charge in [0.1, 0.15) is 0 Å². The standard InChI is InChI=1S/C17H14N2O2S/c1-11(2)19-14-9-12(18-10-20)7-8-16(14)22-15-6-4-3-5-13(15)17(19)21/h3-9,11H,1-2H3. The van der Waals surface area contributed by atoms with Crippen molar-refractivity contribution >= 4 is 35.1 Å². The van der Waals surface area contributed by atoms with E-state index in [9.17, 15) is 9.59 Å². The summed E-state index contributed by atoms with van der Waals surface area (Å²) in [6, 6.07) is 13.0. The van der Waals surface area contributed by atoms with Crippen LogP contribution in [-0.2, 0) is 4.79 Å². The first-order valence-electron chi connectivity index (χ1n) is 6.94. The first-order valence-corrected chi connectivity index (χ1v) is 7.76. The van der Waals surface area contributed by atoms with E-state index >= 15 is 0 Å². The fraction of sp³-hybridized carbons (Fsp3) is 0.176. The smallest absolute Gasteiger partial charge is 0.259 e. The van der Waals surface area contributed by atoms with E-state index in [1.54, 1.807) is 34.9 Å². The second-order valence-corrected chi connectivity index (χ2v) is 6.31. The van der Waals surface area contributed by atoms with Crippen molar-refractivity contribution in [1.82, 2.24) is 0 Å². The number of isocyanates is 1. The van der Waals surface area contributed by atoms with Crippen LogP contribution in [0.3, 0.4) is 0 Å². The lowest BCUT2D eigenvalue weighted by Gasteiger charge is -2.27. The molecule has 2 aromatic carbocycles. The number of anilines is 1. The van der Waals surface area contributed by atoms with Crippen molar-refractivity contribution in [3.8, 4) is 0 Å². The number of rotatable bonds is 2. The van der Waals surface area contributed by atoms with Crippen LogP contribution in [-0.4, -0.2) is 18.0 Å². The average Bonchev–Trinajstić information content (AvgIpc) is 2.62. The van der Waals surface area contributed by atoms with Crippen molar-refractivity contribution in [2.75, 3.05) is 4.90 Å². The van der Waals surface area contributed by atoms with Crippen molar-refractivity contribution in [1.29, 1.82) is 0 Å². The zero-order chi connectivity index (χ0) is 15.7. The van der Waals surface area contributed by atoms with Crippen LogP contribution in [0.1, 0.15) is 24.2 Å². The predicted octanol–water partition coefficient (Wildman–Crippen LogP) is 4.17. The first kappa shape index (κ1) is 14.6. The van der Waals surface area contributed by atoms with E-state index in [-0.39, 0.29) is 11.9 Å². The Hall–Kier alpha value is -2.36. The summed E-state index contributed by atoms with van der Waals surface area (Å²) in [7, 11) is 0. The van der Waals surface area contributed by atoms with E-state index in [4.69, 9.17) is 0 Å². The molecule has 1 aliphatic heterocycles. The van der Waals surface area contributed by atoms with Crippen LogP contribution < -0.4 is 4.90 Å². The van der Waals surface area contributed by atoms with E-state index in [1.807, 2.05) is 44.2 Å². The number of fused-ring (bicyclic) bond motifs is 2. The molecule has 0 radical (unpaired) electrons. The lowest BCUT2D eigenvalue weighted by atomic mass is 10.1. The lowest BCUT2D eigenvalue weighted by molar-refractivity contribution is 0.0977. The van der Waals surface area contributed by atoms with Crippen molar-refractivity contribution < 1.29 is 9.59 Å². The highest BCUT2D eigenvalue weighted by atomic mass is 32.2. The number of benzene rings is 2. The highest BCUT2D eigenvalue weighted by Gasteiger charge is 2.29. The molecule has 1 heterocycles. The maximum Gasteiger partial charge on any atom is 0.259 e. The van der Waals surface area contributed by atoms with Crippen LogP contribution in [0, 0.1) is 0 Å². The Morgan fingerprint density at radius 3 is 2.64 bits per heavy atom. The van der Waals surface area contributed by atoms with Gasteiger partial charge in [-0.3, -0.25) is 4.79 Å². The van der Waals surface area contributed by atoms with Gasteiger partial charge in [-0.2, -0.15) is 4.99 Å². The molecule has 110 valence electrons. The van der Waals surface area contributed by atoms with Crippen molar-refractivity contribution in [2.45, 2.75) is 29.7 Å². The van der Waals surface area contributed by atoms with Gasteiger partial charge in [0.2, 0.25) is 6.08 Å². The van der Waals surface area contributed by atoms with Gasteiger partial charge >= 0.3 is 0 Å². The number of carbonyl (C=O) groups excluding carboxylic acids is 2. The summed E-state index contributed by atoms with van der Waals surface area (Å²) in [6.45, 7) is 3.94. The molecule has 5 heteroatoms. The van der Waals surface area contributed by atoms with Crippen LogP contribution in [0.5, 0.6) is 0 Å². The Bertz CT molecular complexity index is 795. The number of hydrogen-bond acceptors (Lipinski definition) is 4. The molecule has 22 heavy (non-hydrogen) atoms. The SMILES string of the molecule is CC(C)N1C(=O)c2ccccc2Sc2ccc(N=C=O)cc21. The molecule has 0 fully saturated rings. The summed E-state index contributed by atoms with van der Waals surface area (Å²) in [6.07, 6.45) is 1.54. The van der Waals surface area contributed by atoms with Gasteiger partial charge in [0.15, 0.2) is 0 Å². The molecule has 0 saturated carbocycles. The molecule has 0 bridgehead atoms. The van der Waals surface area contributed by atoms with Crippen LogP contribution in [0.25, 0.3) is 0 Å². The Morgan fingerprint density at radius 1 is 1.14 bits per heavy atom. The van der Waals surface area contributed by atoms with Crippen molar-refractivity contribution in [3.05, 3.63) is 48.0 Å².